The van der Waals surface area contributed by atoms with Crippen LogP contribution in [-0.4, -0.2) is 46.7 Å². The number of quaternary nitrogens is 1. The van der Waals surface area contributed by atoms with Gasteiger partial charge in [-0.05, 0) is 26.0 Å². The Kier molecular flexibility index (Phi) is 6.14. The van der Waals surface area contributed by atoms with E-state index in [-0.39, 0.29) is 30.3 Å². The highest BCUT2D eigenvalue weighted by molar-refractivity contribution is 5.83. The third kappa shape index (κ3) is 4.17. The highest BCUT2D eigenvalue weighted by Gasteiger charge is 2.20. The van der Waals surface area contributed by atoms with Gasteiger partial charge in [0.05, 0.1) is 17.6 Å². The van der Waals surface area contributed by atoms with Crippen LogP contribution in [-0.2, 0) is 11.8 Å². The van der Waals surface area contributed by atoms with Gasteiger partial charge in [0.25, 0.3) is 5.91 Å². The number of para-hydroxylation sites is 2. The van der Waals surface area contributed by atoms with Gasteiger partial charge in [-0.2, -0.15) is 5.26 Å². The van der Waals surface area contributed by atoms with Gasteiger partial charge in [-0.25, -0.2) is 4.98 Å². The number of aromatic nitrogens is 2. The van der Waals surface area contributed by atoms with Crippen molar-refractivity contribution in [2.45, 2.75) is 13.8 Å². The van der Waals surface area contributed by atoms with Crippen LogP contribution in [0.5, 0.6) is 0 Å². The molecule has 0 bridgehead atoms. The number of nitrogens with zero attached hydrogens (tertiary/aromatic N) is 3. The van der Waals surface area contributed by atoms with Crippen molar-refractivity contribution in [2.75, 3.05) is 26.2 Å². The molecule has 0 aliphatic rings. The van der Waals surface area contributed by atoms with Crippen molar-refractivity contribution in [1.29, 1.82) is 5.26 Å². The maximum atomic E-state index is 11.8. The van der Waals surface area contributed by atoms with E-state index in [1.165, 1.54) is 0 Å². The number of hydrogen-bond acceptors (Lipinski definition) is 4. The third-order valence-corrected chi connectivity index (χ3v) is 4.11. The van der Waals surface area contributed by atoms with Crippen LogP contribution in [0, 0.1) is 11.3 Å². The van der Waals surface area contributed by atoms with Crippen molar-refractivity contribution >= 4 is 22.5 Å². The Morgan fingerprint density at radius 1 is 1.36 bits per heavy atom. The van der Waals surface area contributed by atoms with Crippen molar-refractivity contribution in [1.82, 2.24) is 14.9 Å². The van der Waals surface area contributed by atoms with Crippen LogP contribution in [0.25, 0.3) is 16.6 Å². The molecule has 3 N–H and O–H groups in total. The van der Waals surface area contributed by atoms with Gasteiger partial charge in [-0.1, -0.05) is 12.1 Å². The number of hydrogen-bond donors (Lipinski definition) is 3. The Labute approximate surface area is 147 Å². The third-order valence-electron chi connectivity index (χ3n) is 4.11. The van der Waals surface area contributed by atoms with Crippen LogP contribution in [0.4, 0.5) is 0 Å². The number of aliphatic hydroxyl groups is 1. The largest absolute Gasteiger partial charge is 0.506 e. The minimum Gasteiger partial charge on any atom is -0.506 e. The number of imidazole rings is 1. The lowest BCUT2D eigenvalue weighted by atomic mass is 10.2. The van der Waals surface area contributed by atoms with Crippen molar-refractivity contribution < 1.29 is 14.8 Å². The molecule has 1 amide bonds. The summed E-state index contributed by atoms with van der Waals surface area (Å²) in [7, 11) is 1.81. The fraction of sp³-hybridized carbons (Fsp3) is 0.389. The van der Waals surface area contributed by atoms with Crippen molar-refractivity contribution in [2.24, 2.45) is 7.05 Å². The Balaban J connectivity index is 2.31. The van der Waals surface area contributed by atoms with E-state index in [9.17, 15) is 15.2 Å². The second-order valence-electron chi connectivity index (χ2n) is 5.83. The molecule has 7 heteroatoms. The summed E-state index contributed by atoms with van der Waals surface area (Å²) in [5.74, 6) is 0.296. The van der Waals surface area contributed by atoms with Crippen LogP contribution >= 0.6 is 0 Å². The molecule has 1 atom stereocenters. The fourth-order valence-electron chi connectivity index (χ4n) is 2.74. The molecule has 1 aromatic heterocycles. The summed E-state index contributed by atoms with van der Waals surface area (Å²) in [5.41, 5.74) is 1.79. The summed E-state index contributed by atoms with van der Waals surface area (Å²) < 4.78 is 1.79. The molecule has 7 nitrogen and oxygen atoms in total. The van der Waals surface area contributed by atoms with E-state index in [0.29, 0.717) is 18.9 Å². The molecule has 2 rings (SSSR count). The number of allylic oxidation sites excluding steroid dienone is 1. The zero-order valence-corrected chi connectivity index (χ0v) is 14.8. The number of nitrogens with one attached hydrogen (secondary N) is 2. The lowest BCUT2D eigenvalue weighted by Gasteiger charge is -2.17. The molecule has 132 valence electrons. The number of rotatable bonds is 7. The molecule has 1 aromatic carbocycles. The number of aliphatic hydroxyl groups excluding tert-OH is 1. The highest BCUT2D eigenvalue weighted by Crippen LogP contribution is 2.21. The normalized spacial score (nSPS) is 13.2. The van der Waals surface area contributed by atoms with Crippen LogP contribution < -0.4 is 10.2 Å². The number of likely N-dealkylation sites (N-methyl/N-ethyl adjacent to an activating group) is 2. The minimum atomic E-state index is -0.0756. The van der Waals surface area contributed by atoms with Gasteiger partial charge < -0.3 is 19.9 Å². The van der Waals surface area contributed by atoms with Gasteiger partial charge in [0, 0.05) is 13.6 Å². The van der Waals surface area contributed by atoms with E-state index in [0.717, 1.165) is 15.9 Å². The summed E-state index contributed by atoms with van der Waals surface area (Å²) in [6.07, 6.45) is 0. The number of carbonyl (C=O) groups excluding carboxylic acids is 1. The topological polar surface area (TPSA) is 95.4 Å². The molecule has 0 saturated carbocycles. The maximum absolute atomic E-state index is 11.8. The molecule has 1 unspecified atom stereocenters. The Morgan fingerprint density at radius 3 is 2.68 bits per heavy atom. The van der Waals surface area contributed by atoms with E-state index in [2.05, 4.69) is 16.4 Å². The van der Waals surface area contributed by atoms with Gasteiger partial charge >= 0.3 is 0 Å². The smallest absolute Gasteiger partial charge is 0.275 e. The molecular weight excluding hydrogens is 318 g/mol. The van der Waals surface area contributed by atoms with Gasteiger partial charge in [0.2, 0.25) is 0 Å². The molecule has 0 fully saturated rings. The molecule has 0 aliphatic carbocycles. The van der Waals surface area contributed by atoms with Gasteiger partial charge in [0.15, 0.2) is 18.1 Å². The highest BCUT2D eigenvalue weighted by atomic mass is 16.3. The summed E-state index contributed by atoms with van der Waals surface area (Å²) >= 11 is 0. The molecule has 2 aromatic rings. The summed E-state index contributed by atoms with van der Waals surface area (Å²) in [5, 5.41) is 22.8. The van der Waals surface area contributed by atoms with E-state index in [1.54, 1.807) is 4.57 Å². The Morgan fingerprint density at radius 2 is 2.08 bits per heavy atom. The number of aryl methyl sites for hydroxylation is 1. The molecule has 1 heterocycles. The molecular formula is C18H24N5O2+. The lowest BCUT2D eigenvalue weighted by Crippen LogP contribution is -3.13. The number of nitriles is 1. The van der Waals surface area contributed by atoms with Crippen LogP contribution in [0.15, 0.2) is 30.0 Å². The van der Waals surface area contributed by atoms with Crippen molar-refractivity contribution in [3.8, 4) is 6.07 Å². The zero-order chi connectivity index (χ0) is 18.4. The SMILES string of the molecule is CCNC(=O)C[NH+](CC)C/C(O)=C(\C#N)c1nc2ccccc2n1C. The average molecular weight is 342 g/mol. The average Bonchev–Trinajstić information content (AvgIpc) is 2.92. The lowest BCUT2D eigenvalue weighted by molar-refractivity contribution is -0.886. The monoisotopic (exact) mass is 342 g/mol. The van der Waals surface area contributed by atoms with E-state index in [4.69, 9.17) is 0 Å². The first-order chi connectivity index (χ1) is 12.0. The zero-order valence-electron chi connectivity index (χ0n) is 14.8. The van der Waals surface area contributed by atoms with Gasteiger partial charge in [-0.3, -0.25) is 4.79 Å². The standard InChI is InChI=1S/C18H23N5O2/c1-4-20-17(25)12-23(5-2)11-16(24)13(10-19)18-21-14-8-6-7-9-15(14)22(18)3/h6-9,24H,4-5,11-12H2,1-3H3,(H,20,25)/p+1/b16-13-. The second kappa shape index (κ2) is 8.31. The fourth-order valence-corrected chi connectivity index (χ4v) is 2.74. The van der Waals surface area contributed by atoms with Crippen molar-refractivity contribution in [3.63, 3.8) is 0 Å². The maximum Gasteiger partial charge on any atom is 0.275 e. The first-order valence-corrected chi connectivity index (χ1v) is 8.36. The molecule has 0 aliphatic heterocycles. The molecule has 0 radical (unpaired) electrons. The predicted molar refractivity (Wildman–Crippen MR) is 95.8 cm³/mol. The number of fused-ring (bicyclic) bond motifs is 1. The number of amides is 1. The predicted octanol–water partition coefficient (Wildman–Crippen LogP) is 0.407. The van der Waals surface area contributed by atoms with Gasteiger partial charge in [-0.15, -0.1) is 0 Å². The summed E-state index contributed by atoms with van der Waals surface area (Å²) in [4.78, 5) is 17.1. The van der Waals surface area contributed by atoms with E-state index < -0.39 is 0 Å². The second-order valence-corrected chi connectivity index (χ2v) is 5.83. The first kappa shape index (κ1) is 18.5. The Hall–Kier alpha value is -2.85. The Bertz CT molecular complexity index is 832. The molecule has 0 spiro atoms. The van der Waals surface area contributed by atoms with E-state index >= 15 is 0 Å². The van der Waals surface area contributed by atoms with Crippen LogP contribution in [0.3, 0.4) is 0 Å². The quantitative estimate of drug-likeness (QED) is 0.502. The summed E-state index contributed by atoms with van der Waals surface area (Å²) in [6, 6.07) is 9.62. The number of benzene rings is 1. The summed E-state index contributed by atoms with van der Waals surface area (Å²) in [6.45, 7) is 5.46. The first-order valence-electron chi connectivity index (χ1n) is 8.36. The molecule has 25 heavy (non-hydrogen) atoms. The van der Waals surface area contributed by atoms with Crippen molar-refractivity contribution in [3.05, 3.63) is 35.8 Å². The van der Waals surface area contributed by atoms with Crippen LogP contribution in [0.2, 0.25) is 0 Å². The van der Waals surface area contributed by atoms with Gasteiger partial charge in [0.1, 0.15) is 18.2 Å². The molecule has 0 saturated heterocycles. The number of carbonyl (C=O) groups is 1. The van der Waals surface area contributed by atoms with E-state index in [1.807, 2.05) is 45.2 Å². The minimum absolute atomic E-state index is 0.0537. The van der Waals surface area contributed by atoms with Crippen LogP contribution in [0.1, 0.15) is 19.7 Å².